The number of hydrogen-bond acceptors (Lipinski definition) is 6. The first-order valence-electron chi connectivity index (χ1n) is 12.0. The minimum absolute atomic E-state index is 0.0118. The van der Waals surface area contributed by atoms with Gasteiger partial charge in [0.2, 0.25) is 0 Å². The van der Waals surface area contributed by atoms with Crippen LogP contribution in [0.5, 0.6) is 11.5 Å². The lowest BCUT2D eigenvalue weighted by molar-refractivity contribution is -0.384. The van der Waals surface area contributed by atoms with Gasteiger partial charge in [0.1, 0.15) is 36.4 Å². The lowest BCUT2D eigenvalue weighted by Gasteiger charge is -2.10. The molecule has 0 radical (unpaired) electrons. The summed E-state index contributed by atoms with van der Waals surface area (Å²) >= 11 is 18.4. The van der Waals surface area contributed by atoms with Crippen molar-refractivity contribution in [2.45, 2.75) is 13.2 Å². The first-order chi connectivity index (χ1) is 19.7. The Labute approximate surface area is 250 Å². The van der Waals surface area contributed by atoms with Crippen LogP contribution in [0.3, 0.4) is 0 Å². The first kappa shape index (κ1) is 29.4. The number of nitriles is 1. The van der Waals surface area contributed by atoms with Crippen LogP contribution in [0.25, 0.3) is 6.08 Å². The van der Waals surface area contributed by atoms with Gasteiger partial charge in [0.05, 0.1) is 9.95 Å². The van der Waals surface area contributed by atoms with Crippen LogP contribution in [-0.4, -0.2) is 10.8 Å². The van der Waals surface area contributed by atoms with E-state index in [2.05, 4.69) is 5.32 Å². The zero-order valence-electron chi connectivity index (χ0n) is 21.1. The van der Waals surface area contributed by atoms with Crippen molar-refractivity contribution in [1.82, 2.24) is 0 Å². The van der Waals surface area contributed by atoms with E-state index in [1.54, 1.807) is 72.8 Å². The van der Waals surface area contributed by atoms with Crippen LogP contribution in [0.2, 0.25) is 15.1 Å². The maximum absolute atomic E-state index is 12.7. The topological polar surface area (TPSA) is 114 Å². The number of amides is 1. The molecule has 0 spiro atoms. The molecule has 4 aromatic carbocycles. The molecule has 11 heteroatoms. The molecule has 4 aromatic rings. The molecule has 0 atom stereocenters. The molecule has 0 aromatic heterocycles. The van der Waals surface area contributed by atoms with E-state index < -0.39 is 10.8 Å². The Balaban J connectivity index is 1.34. The Bertz CT molecular complexity index is 1650. The summed E-state index contributed by atoms with van der Waals surface area (Å²) in [5.41, 5.74) is 2.36. The second-order valence-corrected chi connectivity index (χ2v) is 9.83. The molecule has 0 saturated heterocycles. The highest BCUT2D eigenvalue weighted by molar-refractivity contribution is 6.35. The number of nitro benzene ring substituents is 1. The Kier molecular flexibility index (Phi) is 9.82. The number of halogens is 3. The number of carbonyl (C=O) groups excluding carboxylic acids is 1. The van der Waals surface area contributed by atoms with Gasteiger partial charge < -0.3 is 14.8 Å². The summed E-state index contributed by atoms with van der Waals surface area (Å²) in [5.74, 6) is 0.352. The molecule has 8 nitrogen and oxygen atoms in total. The van der Waals surface area contributed by atoms with Crippen molar-refractivity contribution in [3.63, 3.8) is 0 Å². The summed E-state index contributed by atoms with van der Waals surface area (Å²) in [6.07, 6.45) is 1.41. The molecule has 0 saturated carbocycles. The minimum atomic E-state index is -0.594. The largest absolute Gasteiger partial charge is 0.489 e. The molecule has 0 aliphatic carbocycles. The van der Waals surface area contributed by atoms with Crippen molar-refractivity contribution in [2.75, 3.05) is 5.32 Å². The molecule has 1 N–H and O–H groups in total. The van der Waals surface area contributed by atoms with Crippen molar-refractivity contribution in [2.24, 2.45) is 0 Å². The van der Waals surface area contributed by atoms with E-state index in [9.17, 15) is 20.2 Å². The highest BCUT2D eigenvalue weighted by Gasteiger charge is 2.12. The average Bonchev–Trinajstić information content (AvgIpc) is 2.96. The van der Waals surface area contributed by atoms with Gasteiger partial charge in [-0.1, -0.05) is 46.9 Å². The maximum Gasteiger partial charge on any atom is 0.269 e. The lowest BCUT2D eigenvalue weighted by Crippen LogP contribution is -2.13. The summed E-state index contributed by atoms with van der Waals surface area (Å²) < 4.78 is 11.5. The molecule has 0 aliphatic heterocycles. The molecule has 206 valence electrons. The fourth-order valence-corrected chi connectivity index (χ4v) is 4.25. The van der Waals surface area contributed by atoms with Crippen LogP contribution in [0.4, 0.5) is 11.4 Å². The van der Waals surface area contributed by atoms with Crippen LogP contribution in [-0.2, 0) is 18.0 Å². The summed E-state index contributed by atoms with van der Waals surface area (Å²) in [5, 5.41) is 24.4. The fourth-order valence-electron chi connectivity index (χ4n) is 3.55. The molecule has 0 aliphatic rings. The molecular formula is C30H20Cl3N3O5. The Morgan fingerprint density at radius 3 is 2.27 bits per heavy atom. The van der Waals surface area contributed by atoms with Gasteiger partial charge >= 0.3 is 0 Å². The van der Waals surface area contributed by atoms with Crippen LogP contribution in [0, 0.1) is 21.4 Å². The van der Waals surface area contributed by atoms with Crippen LogP contribution >= 0.6 is 34.8 Å². The van der Waals surface area contributed by atoms with E-state index in [0.29, 0.717) is 32.8 Å². The number of anilines is 1. The van der Waals surface area contributed by atoms with Crippen molar-refractivity contribution >= 4 is 58.2 Å². The number of benzene rings is 4. The van der Waals surface area contributed by atoms with Crippen molar-refractivity contribution in [3.05, 3.63) is 132 Å². The third-order valence-electron chi connectivity index (χ3n) is 5.70. The third kappa shape index (κ3) is 8.22. The maximum atomic E-state index is 12.7. The monoisotopic (exact) mass is 607 g/mol. The normalized spacial score (nSPS) is 10.9. The van der Waals surface area contributed by atoms with Crippen LogP contribution in [0.15, 0.2) is 90.5 Å². The molecule has 0 bridgehead atoms. The second kappa shape index (κ2) is 13.7. The van der Waals surface area contributed by atoms with E-state index in [4.69, 9.17) is 44.3 Å². The highest BCUT2D eigenvalue weighted by atomic mass is 35.5. The van der Waals surface area contributed by atoms with Crippen molar-refractivity contribution in [3.8, 4) is 17.6 Å². The SMILES string of the molecule is N#C/C(=C\c1ccc(OCc2ccc([N+](=O)[O-])cc2)c(Cl)c1)C(=O)Nc1ccc(OCc2ccc(Cl)cc2Cl)cc1. The molecule has 1 amide bonds. The predicted molar refractivity (Wildman–Crippen MR) is 158 cm³/mol. The van der Waals surface area contributed by atoms with Gasteiger partial charge in [0, 0.05) is 33.4 Å². The number of nitrogens with one attached hydrogen (secondary N) is 1. The van der Waals surface area contributed by atoms with Gasteiger partial charge in [-0.3, -0.25) is 14.9 Å². The van der Waals surface area contributed by atoms with E-state index in [0.717, 1.165) is 11.1 Å². The first-order valence-corrected chi connectivity index (χ1v) is 13.1. The number of nitrogens with zero attached hydrogens (tertiary/aromatic N) is 2. The molecule has 4 rings (SSSR count). The third-order valence-corrected chi connectivity index (χ3v) is 6.58. The summed E-state index contributed by atoms with van der Waals surface area (Å²) in [6.45, 7) is 0.393. The second-order valence-electron chi connectivity index (χ2n) is 8.57. The summed E-state index contributed by atoms with van der Waals surface area (Å²) in [7, 11) is 0. The molecule has 41 heavy (non-hydrogen) atoms. The number of nitro groups is 1. The van der Waals surface area contributed by atoms with Crippen LogP contribution < -0.4 is 14.8 Å². The van der Waals surface area contributed by atoms with Crippen molar-refractivity contribution < 1.29 is 19.2 Å². The Morgan fingerprint density at radius 1 is 0.902 bits per heavy atom. The molecule has 0 heterocycles. The molecular weight excluding hydrogens is 589 g/mol. The summed E-state index contributed by atoms with van der Waals surface area (Å²) in [6, 6.07) is 24.5. The molecule has 0 unspecified atom stereocenters. The Morgan fingerprint density at radius 2 is 1.63 bits per heavy atom. The quantitative estimate of drug-likeness (QED) is 0.0839. The number of non-ortho nitro benzene ring substituents is 1. The smallest absolute Gasteiger partial charge is 0.269 e. The van der Waals surface area contributed by atoms with E-state index in [1.807, 2.05) is 6.07 Å². The van der Waals surface area contributed by atoms with Gasteiger partial charge in [0.25, 0.3) is 11.6 Å². The van der Waals surface area contributed by atoms with Gasteiger partial charge in [0.15, 0.2) is 0 Å². The van der Waals surface area contributed by atoms with E-state index in [-0.39, 0.29) is 29.5 Å². The zero-order chi connectivity index (χ0) is 29.4. The minimum Gasteiger partial charge on any atom is -0.489 e. The zero-order valence-corrected chi connectivity index (χ0v) is 23.4. The lowest BCUT2D eigenvalue weighted by atomic mass is 10.1. The molecule has 0 fully saturated rings. The van der Waals surface area contributed by atoms with Crippen molar-refractivity contribution in [1.29, 1.82) is 5.26 Å². The van der Waals surface area contributed by atoms with Gasteiger partial charge in [-0.25, -0.2) is 0 Å². The average molecular weight is 609 g/mol. The number of rotatable bonds is 10. The number of ether oxygens (including phenoxy) is 2. The fraction of sp³-hybridized carbons (Fsp3) is 0.0667. The standard InChI is InChI=1S/C30H20Cl3N3O5/c31-23-5-4-21(27(32)15-23)18-40-26-10-6-24(7-11-26)35-30(37)22(16-34)13-20-3-12-29(28(33)14-20)41-17-19-1-8-25(9-2-19)36(38)39/h1-15H,17-18H2,(H,35,37)/b22-13+. The Hall–Kier alpha value is -4.55. The van der Waals surface area contributed by atoms with Gasteiger partial charge in [-0.15, -0.1) is 0 Å². The van der Waals surface area contributed by atoms with Crippen LogP contribution in [0.1, 0.15) is 16.7 Å². The van der Waals surface area contributed by atoms with E-state index >= 15 is 0 Å². The number of hydrogen-bond donors (Lipinski definition) is 1. The van der Waals surface area contributed by atoms with Gasteiger partial charge in [-0.05, 0) is 77.9 Å². The number of carbonyl (C=O) groups is 1. The van der Waals surface area contributed by atoms with Gasteiger partial charge in [-0.2, -0.15) is 5.26 Å². The summed E-state index contributed by atoms with van der Waals surface area (Å²) in [4.78, 5) is 23.0. The highest BCUT2D eigenvalue weighted by Crippen LogP contribution is 2.28. The van der Waals surface area contributed by atoms with E-state index in [1.165, 1.54) is 18.2 Å². The predicted octanol–water partition coefficient (Wildman–Crippen LogP) is 8.26.